The van der Waals surface area contributed by atoms with Gasteiger partial charge in [-0.2, -0.15) is 0 Å². The summed E-state index contributed by atoms with van der Waals surface area (Å²) in [5.74, 6) is 0.239. The first-order valence-electron chi connectivity index (χ1n) is 5.22. The molecule has 14 heavy (non-hydrogen) atoms. The zero-order valence-corrected chi connectivity index (χ0v) is 12.4. The molecule has 1 atom stereocenters. The van der Waals surface area contributed by atoms with Crippen LogP contribution >= 0.6 is 0 Å². The van der Waals surface area contributed by atoms with Crippen LogP contribution in [0.1, 0.15) is 47.5 Å². The van der Waals surface area contributed by atoms with Gasteiger partial charge in [0.05, 0.1) is 0 Å². The maximum atomic E-state index is 10.4. The number of hydrogen-bond donors (Lipinski definition) is 1. The Hall–Kier alpha value is 1.21. The van der Waals surface area contributed by atoms with E-state index in [-0.39, 0.29) is 55.3 Å². The summed E-state index contributed by atoms with van der Waals surface area (Å²) in [6.45, 7) is 10.9. The third-order valence-corrected chi connectivity index (χ3v) is 2.61. The van der Waals surface area contributed by atoms with Gasteiger partial charge in [0.2, 0.25) is 0 Å². The van der Waals surface area contributed by atoms with E-state index in [0.29, 0.717) is 0 Å². The van der Waals surface area contributed by atoms with Gasteiger partial charge >= 0.3 is 0 Å². The molecule has 2 nitrogen and oxygen atoms in total. The summed E-state index contributed by atoms with van der Waals surface area (Å²) in [4.78, 5) is 4.30. The first kappa shape index (κ1) is 17.6. The Bertz CT molecular complexity index is 180. The largest absolute Gasteiger partial charge is 0.384 e. The van der Waals surface area contributed by atoms with Crippen LogP contribution in [-0.4, -0.2) is 23.0 Å². The number of hydrogen-bond acceptors (Lipinski definition) is 2. The summed E-state index contributed by atoms with van der Waals surface area (Å²) in [6.07, 6.45) is 1.80. The smallest absolute Gasteiger partial charge is 0.104 e. The van der Waals surface area contributed by atoms with Crippen molar-refractivity contribution >= 4 is 5.71 Å². The van der Waals surface area contributed by atoms with Crippen LogP contribution in [0.15, 0.2) is 4.99 Å². The van der Waals surface area contributed by atoms with Gasteiger partial charge in [0.15, 0.2) is 0 Å². The Morgan fingerprint density at radius 1 is 1.36 bits per heavy atom. The van der Waals surface area contributed by atoms with Gasteiger partial charge in [-0.3, -0.25) is 4.99 Å². The van der Waals surface area contributed by atoms with Crippen LogP contribution in [0.5, 0.6) is 0 Å². The van der Waals surface area contributed by atoms with Crippen LogP contribution in [0.3, 0.4) is 0 Å². The fourth-order valence-corrected chi connectivity index (χ4v) is 1.64. The maximum absolute atomic E-state index is 10.4. The fraction of sp³-hybridized carbons (Fsp3) is 0.909. The van der Waals surface area contributed by atoms with Crippen molar-refractivity contribution in [3.8, 4) is 0 Å². The molecule has 0 aliphatic heterocycles. The summed E-state index contributed by atoms with van der Waals surface area (Å²) in [5, 5.41) is 10.4. The van der Waals surface area contributed by atoms with E-state index in [1.54, 1.807) is 0 Å². The number of rotatable bonds is 5. The second-order valence-electron chi connectivity index (χ2n) is 3.89. The summed E-state index contributed by atoms with van der Waals surface area (Å²) in [6, 6.07) is 0. The number of aliphatic imine (C=N–C) groups is 1. The van der Waals surface area contributed by atoms with E-state index in [9.17, 15) is 5.11 Å². The van der Waals surface area contributed by atoms with Crippen molar-refractivity contribution in [1.29, 1.82) is 0 Å². The molecule has 85 valence electrons. The molecule has 0 heterocycles. The van der Waals surface area contributed by atoms with E-state index in [1.807, 2.05) is 27.7 Å². The fourth-order valence-electron chi connectivity index (χ4n) is 1.64. The minimum absolute atomic E-state index is 0. The van der Waals surface area contributed by atoms with Gasteiger partial charge in [0, 0.05) is 61.6 Å². The predicted molar refractivity (Wildman–Crippen MR) is 58.3 cm³/mol. The minimum Gasteiger partial charge on any atom is -0.384 e. The van der Waals surface area contributed by atoms with E-state index in [1.165, 1.54) is 0 Å². The first-order chi connectivity index (χ1) is 5.99. The van der Waals surface area contributed by atoms with Crippen molar-refractivity contribution in [3.63, 3.8) is 0 Å². The van der Waals surface area contributed by atoms with E-state index >= 15 is 0 Å². The normalized spacial score (nSPS) is 16.4. The molecule has 3 heteroatoms. The van der Waals surface area contributed by atoms with E-state index < -0.39 is 5.60 Å². The molecular formula is C11H23EuNO. The van der Waals surface area contributed by atoms with E-state index in [4.69, 9.17) is 0 Å². The summed E-state index contributed by atoms with van der Waals surface area (Å²) in [5.41, 5.74) is 0.192. The topological polar surface area (TPSA) is 32.6 Å². The second-order valence-corrected chi connectivity index (χ2v) is 3.89. The summed E-state index contributed by atoms with van der Waals surface area (Å²) in [7, 11) is 0. The Kier molecular flexibility index (Phi) is 10.5. The average Bonchev–Trinajstić information content (AvgIpc) is 2.04. The summed E-state index contributed by atoms with van der Waals surface area (Å²) < 4.78 is 0. The molecule has 0 fully saturated rings. The minimum atomic E-state index is -0.690. The quantitative estimate of drug-likeness (QED) is 0.769. The Morgan fingerprint density at radius 3 is 2.14 bits per heavy atom. The Morgan fingerprint density at radius 2 is 1.86 bits per heavy atom. The van der Waals surface area contributed by atoms with Crippen molar-refractivity contribution in [2.45, 2.75) is 53.1 Å². The summed E-state index contributed by atoms with van der Waals surface area (Å²) >= 11 is 0. The van der Waals surface area contributed by atoms with E-state index in [2.05, 4.69) is 11.9 Å². The van der Waals surface area contributed by atoms with Crippen LogP contribution in [0.4, 0.5) is 0 Å². The molecular weight excluding hydrogens is 314 g/mol. The van der Waals surface area contributed by atoms with Crippen LogP contribution in [0.25, 0.3) is 0 Å². The number of aliphatic hydroxyl groups is 1. The van der Waals surface area contributed by atoms with Crippen LogP contribution in [0.2, 0.25) is 0 Å². The molecule has 0 aliphatic carbocycles. The molecule has 0 rings (SSSR count). The molecule has 0 aromatic heterocycles. The molecule has 0 aromatic rings. The molecule has 0 aromatic carbocycles. The SMILES string of the molecule is CCCC(O)(C(C)=NCC)C(C)C.[Eu]. The van der Waals surface area contributed by atoms with Gasteiger partial charge in [-0.1, -0.05) is 27.2 Å². The molecule has 0 saturated carbocycles. The molecule has 0 amide bonds. The average molecular weight is 337 g/mol. The van der Waals surface area contributed by atoms with Crippen molar-refractivity contribution in [3.05, 3.63) is 0 Å². The molecule has 1 unspecified atom stereocenters. The molecule has 0 bridgehead atoms. The molecule has 0 aliphatic rings. The van der Waals surface area contributed by atoms with Crippen LogP contribution in [-0.2, 0) is 0 Å². The first-order valence-corrected chi connectivity index (χ1v) is 5.22. The van der Waals surface area contributed by atoms with Crippen LogP contribution in [0, 0.1) is 55.3 Å². The monoisotopic (exact) mass is 338 g/mol. The van der Waals surface area contributed by atoms with Gasteiger partial charge in [-0.05, 0) is 26.2 Å². The predicted octanol–water partition coefficient (Wildman–Crippen LogP) is 2.65. The van der Waals surface area contributed by atoms with Crippen molar-refractivity contribution < 1.29 is 54.5 Å². The van der Waals surface area contributed by atoms with Gasteiger partial charge in [-0.15, -0.1) is 0 Å². The van der Waals surface area contributed by atoms with Gasteiger partial charge in [0.25, 0.3) is 0 Å². The van der Waals surface area contributed by atoms with Gasteiger partial charge < -0.3 is 5.11 Å². The molecule has 0 saturated heterocycles. The third-order valence-electron chi connectivity index (χ3n) is 2.61. The Labute approximate surface area is 129 Å². The third kappa shape index (κ3) is 4.82. The van der Waals surface area contributed by atoms with Crippen molar-refractivity contribution in [1.82, 2.24) is 0 Å². The zero-order valence-electron chi connectivity index (χ0n) is 9.97. The van der Waals surface area contributed by atoms with Gasteiger partial charge in [0.1, 0.15) is 5.60 Å². The zero-order chi connectivity index (χ0) is 10.5. The van der Waals surface area contributed by atoms with Crippen molar-refractivity contribution in [2.75, 3.05) is 6.54 Å². The van der Waals surface area contributed by atoms with Crippen molar-refractivity contribution in [2.24, 2.45) is 10.9 Å². The molecule has 1 radical (unpaired) electrons. The second kappa shape index (κ2) is 8.38. The Balaban J connectivity index is 0. The van der Waals surface area contributed by atoms with Gasteiger partial charge in [-0.25, -0.2) is 0 Å². The molecule has 0 spiro atoms. The maximum Gasteiger partial charge on any atom is 0.104 e. The number of nitrogens with zero attached hydrogens (tertiary/aromatic N) is 1. The molecule has 1 N–H and O–H groups in total. The van der Waals surface area contributed by atoms with E-state index in [0.717, 1.165) is 25.1 Å². The van der Waals surface area contributed by atoms with Crippen LogP contribution < -0.4 is 0 Å². The standard InChI is InChI=1S/C11H23NO.Eu/c1-6-8-11(13,9(3)4)10(5)12-7-2;/h9,13H,6-8H2,1-5H3;.